The van der Waals surface area contributed by atoms with Crippen LogP contribution in [-0.2, 0) is 0 Å². The summed E-state index contributed by atoms with van der Waals surface area (Å²) in [5, 5.41) is 12.1. The van der Waals surface area contributed by atoms with Gasteiger partial charge >= 0.3 is 0 Å². The van der Waals surface area contributed by atoms with Crippen LogP contribution in [0.3, 0.4) is 0 Å². The average molecular weight is 559 g/mol. The van der Waals surface area contributed by atoms with Crippen LogP contribution in [0.4, 0.5) is 0 Å². The molecular weight excluding hydrogens is 529 g/mol. The van der Waals surface area contributed by atoms with E-state index in [9.17, 15) is 0 Å². The Balaban J connectivity index is 1.48. The topological polar surface area (TPSA) is 0 Å². The average Bonchev–Trinajstić information content (AvgIpc) is 3.39. The minimum Gasteiger partial charge on any atom is -0.134 e. The van der Waals surface area contributed by atoms with Gasteiger partial charge < -0.3 is 0 Å². The summed E-state index contributed by atoms with van der Waals surface area (Å²) in [5.41, 5.74) is 5.27. The molecule has 1 heterocycles. The van der Waals surface area contributed by atoms with Crippen LogP contribution in [0.5, 0.6) is 0 Å². The van der Waals surface area contributed by atoms with E-state index in [-0.39, 0.29) is 0 Å². The van der Waals surface area contributed by atoms with Gasteiger partial charge in [-0.3, -0.25) is 0 Å². The molecule has 0 aliphatic rings. The van der Waals surface area contributed by atoms with Gasteiger partial charge in [-0.25, -0.2) is 0 Å². The Labute approximate surface area is 245 Å². The van der Waals surface area contributed by atoms with E-state index < -0.39 is 8.07 Å². The summed E-state index contributed by atoms with van der Waals surface area (Å²) in [6, 6.07) is 47.6. The Bertz CT molecular complexity index is 2220. The zero-order valence-corrected chi connectivity index (χ0v) is 25.3. The molecule has 0 bridgehead atoms. The second-order valence-corrected chi connectivity index (χ2v) is 18.2. The van der Waals surface area contributed by atoms with Crippen LogP contribution in [0.1, 0.15) is 0 Å². The maximum atomic E-state index is 2.42. The minimum atomic E-state index is -1.37. The van der Waals surface area contributed by atoms with Crippen molar-refractivity contribution in [3.8, 4) is 22.3 Å². The molecule has 41 heavy (non-hydrogen) atoms. The predicted molar refractivity (Wildman–Crippen MR) is 186 cm³/mol. The highest BCUT2D eigenvalue weighted by Gasteiger charge is 2.21. The molecule has 0 atom stereocenters. The Hall–Kier alpha value is -4.24. The first-order valence-corrected chi connectivity index (χ1v) is 18.7. The van der Waals surface area contributed by atoms with Gasteiger partial charge in [0.05, 0.1) is 8.07 Å². The summed E-state index contributed by atoms with van der Waals surface area (Å²) < 4.78 is 2.74. The van der Waals surface area contributed by atoms with Gasteiger partial charge in [-0.1, -0.05) is 152 Å². The van der Waals surface area contributed by atoms with E-state index >= 15 is 0 Å². The van der Waals surface area contributed by atoms with E-state index in [1.807, 2.05) is 11.3 Å². The molecular formula is C39H30SSi. The minimum absolute atomic E-state index is 1.29. The molecule has 7 aromatic carbocycles. The lowest BCUT2D eigenvalue weighted by Gasteiger charge is -2.20. The third-order valence-electron chi connectivity index (χ3n) is 8.63. The van der Waals surface area contributed by atoms with E-state index in [0.29, 0.717) is 0 Å². The number of hydrogen-bond donors (Lipinski definition) is 0. The number of fused-ring (bicyclic) bond motifs is 7. The molecule has 2 heteroatoms. The molecule has 8 aromatic rings. The highest BCUT2D eigenvalue weighted by atomic mass is 32.1. The molecule has 0 N–H and O–H groups in total. The van der Waals surface area contributed by atoms with Gasteiger partial charge in [0.25, 0.3) is 0 Å². The van der Waals surface area contributed by atoms with Gasteiger partial charge in [0.2, 0.25) is 0 Å². The molecule has 196 valence electrons. The molecule has 0 amide bonds. The fourth-order valence-electron chi connectivity index (χ4n) is 6.59. The highest BCUT2D eigenvalue weighted by Crippen LogP contribution is 2.48. The van der Waals surface area contributed by atoms with Crippen LogP contribution in [-0.4, -0.2) is 8.07 Å². The summed E-state index contributed by atoms with van der Waals surface area (Å²) in [7, 11) is -1.37. The van der Waals surface area contributed by atoms with Crippen molar-refractivity contribution in [1.82, 2.24) is 0 Å². The Morgan fingerprint density at radius 3 is 1.59 bits per heavy atom. The van der Waals surface area contributed by atoms with Crippen LogP contribution >= 0.6 is 11.3 Å². The van der Waals surface area contributed by atoms with Crippen LogP contribution in [0.15, 0.2) is 127 Å². The molecule has 8 rings (SSSR count). The van der Waals surface area contributed by atoms with Gasteiger partial charge in [-0.2, -0.15) is 0 Å². The normalized spacial score (nSPS) is 12.3. The zero-order valence-electron chi connectivity index (χ0n) is 23.5. The van der Waals surface area contributed by atoms with Crippen LogP contribution in [0.25, 0.3) is 74.7 Å². The molecule has 1 aromatic heterocycles. The molecule has 0 saturated heterocycles. The monoisotopic (exact) mass is 558 g/mol. The number of benzene rings is 7. The fraction of sp³-hybridized carbons (Fsp3) is 0.0769. The first-order chi connectivity index (χ1) is 20.0. The third kappa shape index (κ3) is 3.78. The lowest BCUT2D eigenvalue weighted by atomic mass is 9.86. The summed E-state index contributed by atoms with van der Waals surface area (Å²) >= 11 is 1.94. The maximum absolute atomic E-state index is 2.42. The van der Waals surface area contributed by atoms with Crippen molar-refractivity contribution >= 4 is 77.1 Å². The summed E-state index contributed by atoms with van der Waals surface area (Å²) in [6.07, 6.45) is 0. The van der Waals surface area contributed by atoms with Crippen LogP contribution in [0.2, 0.25) is 19.6 Å². The van der Waals surface area contributed by atoms with Gasteiger partial charge in [0.15, 0.2) is 0 Å². The SMILES string of the molecule is C[Si](C)(C)c1ccc(-c2c3ccccc3c(-c3cccc4c3sc3c5ccccc5ccc43)c3ccccc23)cc1. The predicted octanol–water partition coefficient (Wildman–Crippen LogP) is 11.4. The van der Waals surface area contributed by atoms with E-state index in [0.717, 1.165) is 0 Å². The van der Waals surface area contributed by atoms with Crippen molar-refractivity contribution in [2.45, 2.75) is 19.6 Å². The summed E-state index contributed by atoms with van der Waals surface area (Å²) in [5.74, 6) is 0. The molecule has 0 unspecified atom stereocenters. The Kier molecular flexibility index (Phi) is 5.47. The highest BCUT2D eigenvalue weighted by molar-refractivity contribution is 7.27. The third-order valence-corrected chi connectivity index (χ3v) is 12.0. The van der Waals surface area contributed by atoms with Crippen molar-refractivity contribution in [1.29, 1.82) is 0 Å². The quantitative estimate of drug-likeness (QED) is 0.149. The lowest BCUT2D eigenvalue weighted by molar-refractivity contribution is 1.65. The van der Waals surface area contributed by atoms with Crippen molar-refractivity contribution in [3.63, 3.8) is 0 Å². The van der Waals surface area contributed by atoms with Gasteiger partial charge in [0.1, 0.15) is 0 Å². The second-order valence-electron chi connectivity index (χ2n) is 12.1. The first kappa shape index (κ1) is 24.5. The first-order valence-electron chi connectivity index (χ1n) is 14.4. The van der Waals surface area contributed by atoms with E-state index in [1.165, 1.54) is 79.9 Å². The molecule has 0 saturated carbocycles. The smallest absolute Gasteiger partial charge is 0.0775 e. The molecule has 0 fully saturated rings. The molecule has 0 aliphatic carbocycles. The zero-order chi connectivity index (χ0) is 27.7. The number of rotatable bonds is 3. The van der Waals surface area contributed by atoms with Crippen LogP contribution in [0, 0.1) is 0 Å². The lowest BCUT2D eigenvalue weighted by Crippen LogP contribution is -2.37. The number of thiophene rings is 1. The second kappa shape index (κ2) is 9.14. The van der Waals surface area contributed by atoms with Crippen molar-refractivity contribution in [3.05, 3.63) is 127 Å². The maximum Gasteiger partial charge on any atom is 0.0775 e. The van der Waals surface area contributed by atoms with E-state index in [2.05, 4.69) is 147 Å². The van der Waals surface area contributed by atoms with Crippen molar-refractivity contribution in [2.75, 3.05) is 0 Å². The summed E-state index contributed by atoms with van der Waals surface area (Å²) in [4.78, 5) is 0. The summed E-state index contributed by atoms with van der Waals surface area (Å²) in [6.45, 7) is 7.25. The molecule has 0 spiro atoms. The molecule has 0 nitrogen and oxygen atoms in total. The van der Waals surface area contributed by atoms with Gasteiger partial charge in [-0.05, 0) is 49.0 Å². The van der Waals surface area contributed by atoms with Crippen molar-refractivity contribution in [2.24, 2.45) is 0 Å². The molecule has 0 radical (unpaired) electrons. The number of hydrogen-bond acceptors (Lipinski definition) is 1. The standard InChI is InChI=1S/C39H30SSi/c1-41(2,3)27-22-19-26(20-23-27)36-29-13-6-8-15-31(29)37(32-16-9-7-14-30(32)36)35-18-10-17-33-34-24-21-25-11-4-5-12-28(25)38(34)40-39(33)35/h4-24H,1-3H3. The Morgan fingerprint density at radius 1 is 0.415 bits per heavy atom. The van der Waals surface area contributed by atoms with Crippen molar-refractivity contribution < 1.29 is 0 Å². The fourth-order valence-corrected chi connectivity index (χ4v) is 9.11. The van der Waals surface area contributed by atoms with Crippen LogP contribution < -0.4 is 5.19 Å². The largest absolute Gasteiger partial charge is 0.134 e. The molecule has 0 aliphatic heterocycles. The van der Waals surface area contributed by atoms with Gasteiger partial charge in [-0.15, -0.1) is 11.3 Å². The Morgan fingerprint density at radius 2 is 0.951 bits per heavy atom. The van der Waals surface area contributed by atoms with Gasteiger partial charge in [0, 0.05) is 25.7 Å². The van der Waals surface area contributed by atoms with E-state index in [1.54, 1.807) is 0 Å². The van der Waals surface area contributed by atoms with E-state index in [4.69, 9.17) is 0 Å².